The summed E-state index contributed by atoms with van der Waals surface area (Å²) in [5.74, 6) is -0.471. The smallest absolute Gasteiger partial charge is 0.251 e. The number of nitrogens with one attached hydrogen (secondary N) is 2. The number of piperidine rings is 1. The summed E-state index contributed by atoms with van der Waals surface area (Å²) in [5, 5.41) is 5.46. The van der Waals surface area contributed by atoms with E-state index < -0.39 is 16.1 Å². The van der Waals surface area contributed by atoms with Gasteiger partial charge in [-0.1, -0.05) is 0 Å². The lowest BCUT2D eigenvalue weighted by molar-refractivity contribution is -0.124. The fourth-order valence-corrected chi connectivity index (χ4v) is 3.97. The first-order valence-corrected chi connectivity index (χ1v) is 9.40. The minimum Gasteiger partial charge on any atom is -0.354 e. The predicted molar refractivity (Wildman–Crippen MR) is 85.8 cm³/mol. The van der Waals surface area contributed by atoms with Gasteiger partial charge in [-0.15, -0.1) is 0 Å². The van der Waals surface area contributed by atoms with Crippen molar-refractivity contribution in [2.45, 2.75) is 25.3 Å². The molecule has 23 heavy (non-hydrogen) atoms. The third-order valence-electron chi connectivity index (χ3n) is 4.19. The second-order valence-electron chi connectivity index (χ2n) is 5.89. The Hall–Kier alpha value is -2.09. The first-order chi connectivity index (χ1) is 10.9. The van der Waals surface area contributed by atoms with Crippen LogP contribution < -0.4 is 14.9 Å². The van der Waals surface area contributed by atoms with Crippen LogP contribution in [0.2, 0.25) is 0 Å². The number of amides is 2. The van der Waals surface area contributed by atoms with E-state index >= 15 is 0 Å². The lowest BCUT2D eigenvalue weighted by Gasteiger charge is -2.23. The van der Waals surface area contributed by atoms with Gasteiger partial charge in [0.1, 0.15) is 6.04 Å². The van der Waals surface area contributed by atoms with Gasteiger partial charge in [0.15, 0.2) is 0 Å². The third-order valence-corrected chi connectivity index (χ3v) is 5.37. The number of fused-ring (bicyclic) bond motifs is 1. The highest BCUT2D eigenvalue weighted by molar-refractivity contribution is 7.92. The summed E-state index contributed by atoms with van der Waals surface area (Å²) in [6.45, 7) is 1.04. The van der Waals surface area contributed by atoms with Gasteiger partial charge in [-0.3, -0.25) is 13.9 Å². The highest BCUT2D eigenvalue weighted by Gasteiger charge is 2.28. The van der Waals surface area contributed by atoms with Crippen molar-refractivity contribution in [2.24, 2.45) is 0 Å². The number of anilines is 1. The van der Waals surface area contributed by atoms with Gasteiger partial charge in [-0.25, -0.2) is 8.42 Å². The van der Waals surface area contributed by atoms with Crippen molar-refractivity contribution in [1.82, 2.24) is 10.6 Å². The van der Waals surface area contributed by atoms with Gasteiger partial charge >= 0.3 is 0 Å². The zero-order valence-electron chi connectivity index (χ0n) is 12.8. The molecule has 1 aromatic rings. The molecule has 0 aliphatic carbocycles. The average Bonchev–Trinajstić information content (AvgIpc) is 2.92. The summed E-state index contributed by atoms with van der Waals surface area (Å²) < 4.78 is 24.8. The van der Waals surface area contributed by atoms with Crippen LogP contribution in [0.1, 0.15) is 28.8 Å². The number of sulfonamides is 1. The molecule has 2 amide bonds. The molecule has 1 unspecified atom stereocenters. The number of carbonyl (C=O) groups is 2. The van der Waals surface area contributed by atoms with Gasteiger partial charge in [0.05, 0.1) is 11.9 Å². The van der Waals surface area contributed by atoms with E-state index in [1.807, 2.05) is 0 Å². The van der Waals surface area contributed by atoms with E-state index in [1.165, 1.54) is 10.6 Å². The Balaban J connectivity index is 1.77. The van der Waals surface area contributed by atoms with E-state index in [0.717, 1.165) is 12.0 Å². The molecule has 8 heteroatoms. The Morgan fingerprint density at radius 3 is 2.87 bits per heavy atom. The van der Waals surface area contributed by atoms with Crippen molar-refractivity contribution >= 4 is 27.5 Å². The van der Waals surface area contributed by atoms with Crippen molar-refractivity contribution in [3.05, 3.63) is 29.3 Å². The molecule has 0 radical (unpaired) electrons. The van der Waals surface area contributed by atoms with E-state index in [4.69, 9.17) is 0 Å². The van der Waals surface area contributed by atoms with Gasteiger partial charge in [0.25, 0.3) is 5.91 Å². The Bertz CT molecular complexity index is 760. The molecule has 3 rings (SSSR count). The van der Waals surface area contributed by atoms with Crippen LogP contribution in [-0.2, 0) is 21.2 Å². The third kappa shape index (κ3) is 3.17. The zero-order chi connectivity index (χ0) is 16.6. The molecule has 0 saturated carbocycles. The number of benzene rings is 1. The van der Waals surface area contributed by atoms with Crippen LogP contribution in [0.15, 0.2) is 18.2 Å². The summed E-state index contributed by atoms with van der Waals surface area (Å²) in [5.41, 5.74) is 1.90. The fourth-order valence-electron chi connectivity index (χ4n) is 3.01. The van der Waals surface area contributed by atoms with E-state index in [1.54, 1.807) is 18.2 Å². The van der Waals surface area contributed by atoms with Crippen molar-refractivity contribution in [1.29, 1.82) is 0 Å². The van der Waals surface area contributed by atoms with Crippen molar-refractivity contribution < 1.29 is 18.0 Å². The van der Waals surface area contributed by atoms with Gasteiger partial charge in [-0.2, -0.15) is 0 Å². The van der Waals surface area contributed by atoms with Gasteiger partial charge in [0, 0.05) is 18.7 Å². The molecule has 1 atom stereocenters. The minimum atomic E-state index is -3.30. The number of carbonyl (C=O) groups excluding carboxylic acids is 2. The molecule has 2 heterocycles. The van der Waals surface area contributed by atoms with E-state index in [2.05, 4.69) is 10.6 Å². The standard InChI is InChI=1S/C15H19N3O4S/c1-23(21,22)18-8-6-10-9-11(4-5-13(10)18)14(19)17-12-3-2-7-16-15(12)20/h4-5,9,12H,2-3,6-8H2,1H3,(H,16,20)(H,17,19). The quantitative estimate of drug-likeness (QED) is 0.813. The summed E-state index contributed by atoms with van der Waals surface area (Å²) in [6.07, 6.45) is 3.21. The second-order valence-corrected chi connectivity index (χ2v) is 7.79. The maximum atomic E-state index is 12.3. The molecule has 2 N–H and O–H groups in total. The van der Waals surface area contributed by atoms with Crippen molar-refractivity contribution in [3.8, 4) is 0 Å². The van der Waals surface area contributed by atoms with Crippen molar-refractivity contribution in [2.75, 3.05) is 23.7 Å². The van der Waals surface area contributed by atoms with Gasteiger partial charge in [-0.05, 0) is 43.0 Å². The van der Waals surface area contributed by atoms with Crippen LogP contribution in [-0.4, -0.2) is 45.6 Å². The fraction of sp³-hybridized carbons (Fsp3) is 0.467. The average molecular weight is 337 g/mol. The Morgan fingerprint density at radius 2 is 2.17 bits per heavy atom. The van der Waals surface area contributed by atoms with Gasteiger partial charge < -0.3 is 10.6 Å². The monoisotopic (exact) mass is 337 g/mol. The first kappa shape index (κ1) is 15.8. The molecule has 1 aromatic carbocycles. The molecule has 2 aliphatic heterocycles. The number of hydrogen-bond donors (Lipinski definition) is 2. The molecule has 0 bridgehead atoms. The van der Waals surface area contributed by atoms with Crippen LogP contribution in [0.4, 0.5) is 5.69 Å². The largest absolute Gasteiger partial charge is 0.354 e. The molecule has 0 spiro atoms. The Labute approximate surface area is 135 Å². The highest BCUT2D eigenvalue weighted by atomic mass is 32.2. The SMILES string of the molecule is CS(=O)(=O)N1CCc2cc(C(=O)NC3CCCNC3=O)ccc21. The Kier molecular flexibility index (Phi) is 4.01. The molecule has 0 aromatic heterocycles. The second kappa shape index (κ2) is 5.84. The molecular formula is C15H19N3O4S. The number of nitrogens with zero attached hydrogens (tertiary/aromatic N) is 1. The van der Waals surface area contributed by atoms with Crippen LogP contribution in [0.25, 0.3) is 0 Å². The topological polar surface area (TPSA) is 95.6 Å². The normalized spacial score (nSPS) is 20.8. The number of rotatable bonds is 3. The summed E-state index contributed by atoms with van der Waals surface area (Å²) >= 11 is 0. The lowest BCUT2D eigenvalue weighted by atomic mass is 10.0. The lowest BCUT2D eigenvalue weighted by Crippen LogP contribution is -2.50. The molecule has 7 nitrogen and oxygen atoms in total. The summed E-state index contributed by atoms with van der Waals surface area (Å²) in [7, 11) is -3.30. The van der Waals surface area contributed by atoms with Crippen molar-refractivity contribution in [3.63, 3.8) is 0 Å². The van der Waals surface area contributed by atoms with E-state index in [0.29, 0.717) is 37.2 Å². The van der Waals surface area contributed by atoms with E-state index in [-0.39, 0.29) is 11.8 Å². The van der Waals surface area contributed by atoms with Crippen LogP contribution in [0.3, 0.4) is 0 Å². The maximum Gasteiger partial charge on any atom is 0.251 e. The molecular weight excluding hydrogens is 318 g/mol. The number of hydrogen-bond acceptors (Lipinski definition) is 4. The Morgan fingerprint density at radius 1 is 1.39 bits per heavy atom. The first-order valence-electron chi connectivity index (χ1n) is 7.55. The molecule has 124 valence electrons. The van der Waals surface area contributed by atoms with Crippen LogP contribution in [0.5, 0.6) is 0 Å². The predicted octanol–water partition coefficient (Wildman–Crippen LogP) is 0.0171. The summed E-state index contributed by atoms with van der Waals surface area (Å²) in [6, 6.07) is 4.45. The maximum absolute atomic E-state index is 12.3. The zero-order valence-corrected chi connectivity index (χ0v) is 13.6. The minimum absolute atomic E-state index is 0.158. The van der Waals surface area contributed by atoms with E-state index in [9.17, 15) is 18.0 Å². The summed E-state index contributed by atoms with van der Waals surface area (Å²) in [4.78, 5) is 24.0. The molecule has 1 saturated heterocycles. The van der Waals surface area contributed by atoms with Crippen LogP contribution in [0, 0.1) is 0 Å². The highest BCUT2D eigenvalue weighted by Crippen LogP contribution is 2.30. The molecule has 1 fully saturated rings. The molecule has 2 aliphatic rings. The van der Waals surface area contributed by atoms with Crippen LogP contribution >= 0.6 is 0 Å². The van der Waals surface area contributed by atoms with Gasteiger partial charge in [0.2, 0.25) is 15.9 Å².